The Bertz CT molecular complexity index is 571. The number of benzene rings is 2. The molecule has 0 unspecified atom stereocenters. The van der Waals surface area contributed by atoms with Crippen molar-refractivity contribution in [1.82, 2.24) is 0 Å². The first kappa shape index (κ1) is 19.5. The number of carboxylic acid groups (broad SMARTS) is 2. The van der Waals surface area contributed by atoms with Crippen molar-refractivity contribution in [3.63, 3.8) is 0 Å². The molecule has 0 fully saturated rings. The van der Waals surface area contributed by atoms with Gasteiger partial charge >= 0.3 is 57.4 Å². The van der Waals surface area contributed by atoms with Crippen LogP contribution in [0, 0.1) is 0 Å². The van der Waals surface area contributed by atoms with Gasteiger partial charge in [-0.05, 0) is 12.1 Å². The van der Waals surface area contributed by atoms with E-state index in [0.29, 0.717) is 0 Å². The molecule has 0 aromatic heterocycles. The molecule has 104 valence electrons. The van der Waals surface area contributed by atoms with Crippen molar-refractivity contribution in [3.05, 3.63) is 59.7 Å². The Balaban J connectivity index is 0.000000364. The molecular formula is C14H10O6Sr. The van der Waals surface area contributed by atoms with Crippen LogP contribution in [0.2, 0.25) is 0 Å². The number of hydrogen-bond donors (Lipinski definition) is 2. The number of hydrogen-bond acceptors (Lipinski definition) is 4. The molecule has 2 N–H and O–H groups in total. The van der Waals surface area contributed by atoms with Crippen molar-refractivity contribution in [2.24, 2.45) is 0 Å². The summed E-state index contributed by atoms with van der Waals surface area (Å²) in [5, 5.41) is 38.1. The molecule has 0 aliphatic rings. The predicted molar refractivity (Wildman–Crippen MR) is 71.4 cm³/mol. The fourth-order valence-electron chi connectivity index (χ4n) is 1.29. The van der Waals surface area contributed by atoms with Gasteiger partial charge in [0.05, 0.1) is 11.1 Å². The van der Waals surface area contributed by atoms with Crippen LogP contribution in [-0.2, 0) is 0 Å². The molecule has 0 atom stereocenters. The Morgan fingerprint density at radius 1 is 0.714 bits per heavy atom. The normalized spacial score (nSPS) is 8.76. The van der Waals surface area contributed by atoms with Gasteiger partial charge in [0, 0.05) is 0 Å². The molecule has 0 bridgehead atoms. The summed E-state index contributed by atoms with van der Waals surface area (Å²) >= 11 is 0. The SMILES string of the molecule is O=C(O)c1ccccc1[O-].O=C(O)c1ccccc1[O-].[Sr+2]. The molecule has 6 nitrogen and oxygen atoms in total. The maximum atomic E-state index is 10.7. The fourth-order valence-corrected chi connectivity index (χ4v) is 1.29. The standard InChI is InChI=1S/2C7H6O3.Sr/c2*8-6-4-2-1-3-5(6)7(9)10;/h2*1-4,8H,(H,9,10);/q;;+2/p-2. The number of carbonyl (C=O) groups is 2. The quantitative estimate of drug-likeness (QED) is 0.753. The van der Waals surface area contributed by atoms with Crippen LogP contribution < -0.4 is 10.2 Å². The minimum Gasteiger partial charge on any atom is -0.872 e. The molecule has 2 aromatic carbocycles. The van der Waals surface area contributed by atoms with E-state index in [0.717, 1.165) is 0 Å². The van der Waals surface area contributed by atoms with Crippen molar-refractivity contribution in [1.29, 1.82) is 0 Å². The van der Waals surface area contributed by atoms with E-state index < -0.39 is 23.4 Å². The summed E-state index contributed by atoms with van der Waals surface area (Å²) in [4.78, 5) is 20.4. The average Bonchev–Trinajstić information content (AvgIpc) is 2.40. The molecule has 0 aliphatic carbocycles. The molecular weight excluding hydrogens is 352 g/mol. The first-order valence-corrected chi connectivity index (χ1v) is 5.42. The Hall–Kier alpha value is -1.54. The van der Waals surface area contributed by atoms with E-state index in [9.17, 15) is 19.8 Å². The summed E-state index contributed by atoms with van der Waals surface area (Å²) in [6.07, 6.45) is 0. The van der Waals surface area contributed by atoms with Gasteiger partial charge in [0.2, 0.25) is 0 Å². The molecule has 0 spiro atoms. The summed E-state index contributed by atoms with van der Waals surface area (Å²) in [5.74, 6) is -3.25. The molecule has 7 heteroatoms. The molecule has 0 saturated carbocycles. The molecule has 21 heavy (non-hydrogen) atoms. The molecule has 0 amide bonds. The zero-order valence-corrected chi connectivity index (χ0v) is 14.3. The number of rotatable bonds is 2. The van der Waals surface area contributed by atoms with Crippen LogP contribution in [0.5, 0.6) is 11.5 Å². The largest absolute Gasteiger partial charge is 2.00 e. The van der Waals surface area contributed by atoms with Crippen molar-refractivity contribution >= 4 is 57.4 Å². The first-order chi connectivity index (χ1) is 9.43. The molecule has 2 rings (SSSR count). The van der Waals surface area contributed by atoms with E-state index in [1.807, 2.05) is 0 Å². The van der Waals surface area contributed by atoms with Crippen LogP contribution in [0.4, 0.5) is 0 Å². The number of carboxylic acids is 2. The zero-order valence-electron chi connectivity index (χ0n) is 10.9. The van der Waals surface area contributed by atoms with E-state index in [1.54, 1.807) is 0 Å². The van der Waals surface area contributed by atoms with E-state index in [1.165, 1.54) is 48.5 Å². The minimum atomic E-state index is -1.18. The van der Waals surface area contributed by atoms with Crippen molar-refractivity contribution < 1.29 is 30.0 Å². The van der Waals surface area contributed by atoms with Crippen LogP contribution in [0.1, 0.15) is 20.7 Å². The second-order valence-corrected chi connectivity index (χ2v) is 3.60. The van der Waals surface area contributed by atoms with Gasteiger partial charge in [0.1, 0.15) is 0 Å². The van der Waals surface area contributed by atoms with Crippen LogP contribution in [-0.4, -0.2) is 67.6 Å². The third-order valence-electron chi connectivity index (χ3n) is 2.23. The molecule has 0 radical (unpaired) electrons. The predicted octanol–water partition coefficient (Wildman–Crippen LogP) is 0.536. The topological polar surface area (TPSA) is 121 Å². The second-order valence-electron chi connectivity index (χ2n) is 3.60. The summed E-state index contributed by atoms with van der Waals surface area (Å²) in [7, 11) is 0. The van der Waals surface area contributed by atoms with Crippen LogP contribution in [0.3, 0.4) is 0 Å². The fraction of sp³-hybridized carbons (Fsp3) is 0. The van der Waals surface area contributed by atoms with Gasteiger partial charge in [0.25, 0.3) is 0 Å². The molecule has 0 heterocycles. The van der Waals surface area contributed by atoms with E-state index in [4.69, 9.17) is 10.2 Å². The minimum absolute atomic E-state index is 0. The molecule has 2 aromatic rings. The Kier molecular flexibility index (Phi) is 8.72. The van der Waals surface area contributed by atoms with Crippen molar-refractivity contribution in [2.75, 3.05) is 0 Å². The average molecular weight is 362 g/mol. The summed E-state index contributed by atoms with van der Waals surface area (Å²) in [6.45, 7) is 0. The smallest absolute Gasteiger partial charge is 0.872 e. The Morgan fingerprint density at radius 3 is 1.19 bits per heavy atom. The summed E-state index contributed by atoms with van der Waals surface area (Å²) in [6, 6.07) is 11.1. The van der Waals surface area contributed by atoms with Gasteiger partial charge in [-0.2, -0.15) is 0 Å². The van der Waals surface area contributed by atoms with E-state index in [-0.39, 0.29) is 56.6 Å². The van der Waals surface area contributed by atoms with Gasteiger partial charge in [-0.25, -0.2) is 9.59 Å². The maximum Gasteiger partial charge on any atom is 2.00 e. The first-order valence-electron chi connectivity index (χ1n) is 5.42. The summed E-state index contributed by atoms with van der Waals surface area (Å²) < 4.78 is 0. The van der Waals surface area contributed by atoms with Crippen LogP contribution in [0.25, 0.3) is 0 Å². The van der Waals surface area contributed by atoms with Crippen LogP contribution >= 0.6 is 0 Å². The second kappa shape index (κ2) is 9.41. The number of para-hydroxylation sites is 2. The van der Waals surface area contributed by atoms with Gasteiger partial charge in [0.15, 0.2) is 0 Å². The monoisotopic (exact) mass is 362 g/mol. The van der Waals surface area contributed by atoms with Crippen LogP contribution in [0.15, 0.2) is 48.5 Å². The number of aromatic carboxylic acids is 2. The molecule has 0 aliphatic heterocycles. The molecule has 0 saturated heterocycles. The van der Waals surface area contributed by atoms with Crippen molar-refractivity contribution in [3.8, 4) is 11.5 Å². The Morgan fingerprint density at radius 2 is 1.00 bits per heavy atom. The van der Waals surface area contributed by atoms with Crippen molar-refractivity contribution in [2.45, 2.75) is 0 Å². The van der Waals surface area contributed by atoms with Gasteiger partial charge in [-0.1, -0.05) is 47.9 Å². The Labute approximate surface area is 157 Å². The maximum absolute atomic E-state index is 10.7. The third-order valence-corrected chi connectivity index (χ3v) is 2.23. The van der Waals surface area contributed by atoms with E-state index >= 15 is 0 Å². The van der Waals surface area contributed by atoms with Gasteiger partial charge in [-0.3, -0.25) is 0 Å². The van der Waals surface area contributed by atoms with Gasteiger partial charge < -0.3 is 20.4 Å². The third kappa shape index (κ3) is 6.18. The van der Waals surface area contributed by atoms with Gasteiger partial charge in [-0.15, -0.1) is 0 Å². The van der Waals surface area contributed by atoms with E-state index in [2.05, 4.69) is 0 Å². The summed E-state index contributed by atoms with van der Waals surface area (Å²) in [5.41, 5.74) is -0.356. The zero-order chi connectivity index (χ0) is 15.1.